The van der Waals surface area contributed by atoms with Gasteiger partial charge in [0.05, 0.1) is 16.8 Å². The number of aliphatic hydroxyl groups excluding tert-OH is 1. The van der Waals surface area contributed by atoms with Gasteiger partial charge >= 0.3 is 0 Å². The summed E-state index contributed by atoms with van der Waals surface area (Å²) in [4.78, 5) is 32.7. The number of nitrogens with one attached hydrogen (secondary N) is 2. The molecule has 9 heteroatoms. The monoisotopic (exact) mass is 385 g/mol. The molecule has 140 valence electrons. The molecule has 0 saturated heterocycles. The van der Waals surface area contributed by atoms with Crippen LogP contribution in [0.3, 0.4) is 0 Å². The number of hydrogen-bond acceptors (Lipinski definition) is 7. The van der Waals surface area contributed by atoms with Gasteiger partial charge in [0.2, 0.25) is 0 Å². The van der Waals surface area contributed by atoms with Crippen LogP contribution in [-0.2, 0) is 6.54 Å². The number of thiazole rings is 1. The molecule has 0 aliphatic carbocycles. The Morgan fingerprint density at radius 3 is 2.67 bits per heavy atom. The summed E-state index contributed by atoms with van der Waals surface area (Å²) in [6.07, 6.45) is 0. The first-order valence-electron chi connectivity index (χ1n) is 8.28. The minimum Gasteiger partial charge on any atom is -0.394 e. The van der Waals surface area contributed by atoms with E-state index in [4.69, 9.17) is 10.8 Å². The molecule has 0 spiro atoms. The Balaban J connectivity index is 1.66. The molecule has 3 aromatic rings. The Morgan fingerprint density at radius 1 is 1.19 bits per heavy atom. The van der Waals surface area contributed by atoms with Crippen LogP contribution in [0.2, 0.25) is 0 Å². The molecule has 1 atom stereocenters. The Hall–Kier alpha value is -3.04. The fourth-order valence-electron chi connectivity index (χ4n) is 2.40. The normalized spacial score (nSPS) is 11.9. The maximum Gasteiger partial charge on any atom is 0.270 e. The summed E-state index contributed by atoms with van der Waals surface area (Å²) in [6, 6.07) is 9.90. The number of aliphatic hydroxyl groups is 1. The minimum absolute atomic E-state index is 0.115. The van der Waals surface area contributed by atoms with E-state index in [1.807, 2.05) is 18.2 Å². The summed E-state index contributed by atoms with van der Waals surface area (Å²) in [5.74, 6) is -0.830. The van der Waals surface area contributed by atoms with Crippen LogP contribution in [0.5, 0.6) is 0 Å². The summed E-state index contributed by atoms with van der Waals surface area (Å²) in [5.41, 5.74) is 7.69. The average Bonchev–Trinajstić information content (AvgIpc) is 3.05. The average molecular weight is 385 g/mol. The van der Waals surface area contributed by atoms with Gasteiger partial charge < -0.3 is 21.5 Å². The zero-order valence-corrected chi connectivity index (χ0v) is 15.4. The van der Waals surface area contributed by atoms with Crippen molar-refractivity contribution in [2.24, 2.45) is 0 Å². The van der Waals surface area contributed by atoms with Crippen molar-refractivity contribution in [3.8, 4) is 0 Å². The van der Waals surface area contributed by atoms with E-state index in [-0.39, 0.29) is 23.9 Å². The van der Waals surface area contributed by atoms with Crippen LogP contribution in [-0.4, -0.2) is 39.5 Å². The van der Waals surface area contributed by atoms with E-state index in [0.717, 1.165) is 15.8 Å². The molecule has 0 fully saturated rings. The van der Waals surface area contributed by atoms with E-state index >= 15 is 0 Å². The molecule has 0 aliphatic rings. The molecule has 5 N–H and O–H groups in total. The van der Waals surface area contributed by atoms with Gasteiger partial charge in [0.25, 0.3) is 11.8 Å². The molecule has 8 nitrogen and oxygen atoms in total. The highest BCUT2D eigenvalue weighted by molar-refractivity contribution is 7.22. The number of hydrogen-bond donors (Lipinski definition) is 4. The van der Waals surface area contributed by atoms with Gasteiger partial charge in [-0.25, -0.2) is 9.97 Å². The number of fused-ring (bicyclic) bond motifs is 1. The van der Waals surface area contributed by atoms with Crippen LogP contribution in [0.1, 0.15) is 33.5 Å². The van der Waals surface area contributed by atoms with Gasteiger partial charge in [-0.2, -0.15) is 0 Å². The number of pyridine rings is 1. The highest BCUT2D eigenvalue weighted by atomic mass is 32.1. The predicted octanol–water partition coefficient (Wildman–Crippen LogP) is 1.31. The first-order valence-corrected chi connectivity index (χ1v) is 9.10. The third kappa shape index (κ3) is 4.57. The number of benzene rings is 1. The number of carbonyl (C=O) groups is 2. The second-order valence-electron chi connectivity index (χ2n) is 6.00. The molecule has 0 radical (unpaired) electrons. The molecule has 1 aromatic carbocycles. The number of aromatic nitrogens is 2. The lowest BCUT2D eigenvalue weighted by Gasteiger charge is -2.11. The number of rotatable bonds is 6. The Labute approximate surface area is 159 Å². The first-order chi connectivity index (χ1) is 13.0. The number of anilines is 1. The summed E-state index contributed by atoms with van der Waals surface area (Å²) in [5, 5.41) is 14.9. The van der Waals surface area contributed by atoms with Crippen molar-refractivity contribution in [2.45, 2.75) is 19.5 Å². The predicted molar refractivity (Wildman–Crippen MR) is 103 cm³/mol. The van der Waals surface area contributed by atoms with Crippen molar-refractivity contribution in [3.05, 3.63) is 53.3 Å². The number of nitrogens with zero attached hydrogens (tertiary/aromatic N) is 2. The van der Waals surface area contributed by atoms with Crippen LogP contribution in [0.25, 0.3) is 10.2 Å². The molecule has 0 bridgehead atoms. The lowest BCUT2D eigenvalue weighted by atomic mass is 10.2. The fourth-order valence-corrected chi connectivity index (χ4v) is 3.20. The molecule has 2 heterocycles. The van der Waals surface area contributed by atoms with Crippen molar-refractivity contribution < 1.29 is 14.7 Å². The highest BCUT2D eigenvalue weighted by Crippen LogP contribution is 2.24. The van der Waals surface area contributed by atoms with Crippen molar-refractivity contribution in [1.29, 1.82) is 0 Å². The van der Waals surface area contributed by atoms with Gasteiger partial charge in [0.1, 0.15) is 11.4 Å². The standard InChI is InChI=1S/C18H19N5O3S/c1-10(9-24)21-17(26)14-4-2-3-13(22-14)16(25)20-8-11-5-6-12-15(7-11)27-18(19)23-12/h2-7,10,24H,8-9H2,1H3,(H2,19,23)(H,20,25)(H,21,26). The molecule has 3 rings (SSSR count). The lowest BCUT2D eigenvalue weighted by molar-refractivity contribution is 0.0916. The minimum atomic E-state index is -0.445. The molecule has 2 aromatic heterocycles. The molecule has 0 aliphatic heterocycles. The van der Waals surface area contributed by atoms with Gasteiger partial charge in [0.15, 0.2) is 5.13 Å². The second-order valence-corrected chi connectivity index (χ2v) is 7.06. The van der Waals surface area contributed by atoms with Crippen LogP contribution >= 0.6 is 11.3 Å². The van der Waals surface area contributed by atoms with E-state index in [1.54, 1.807) is 13.0 Å². The second kappa shape index (κ2) is 8.11. The van der Waals surface area contributed by atoms with Gasteiger partial charge in [-0.15, -0.1) is 0 Å². The fraction of sp³-hybridized carbons (Fsp3) is 0.222. The van der Waals surface area contributed by atoms with Crippen LogP contribution in [0, 0.1) is 0 Å². The number of carbonyl (C=O) groups excluding carboxylic acids is 2. The topological polar surface area (TPSA) is 130 Å². The van der Waals surface area contributed by atoms with Gasteiger partial charge in [-0.05, 0) is 36.8 Å². The van der Waals surface area contributed by atoms with Crippen LogP contribution in [0.4, 0.5) is 5.13 Å². The first kappa shape index (κ1) is 18.7. The summed E-state index contributed by atoms with van der Waals surface area (Å²) in [6.45, 7) is 1.80. The Bertz CT molecular complexity index is 988. The van der Waals surface area contributed by atoms with Crippen LogP contribution in [0.15, 0.2) is 36.4 Å². The molecule has 27 heavy (non-hydrogen) atoms. The Morgan fingerprint density at radius 2 is 1.93 bits per heavy atom. The zero-order chi connectivity index (χ0) is 19.4. The van der Waals surface area contributed by atoms with Gasteiger partial charge in [-0.3, -0.25) is 9.59 Å². The Kier molecular flexibility index (Phi) is 5.63. The molecule has 2 amide bonds. The summed E-state index contributed by atoms with van der Waals surface area (Å²) < 4.78 is 0.953. The van der Waals surface area contributed by atoms with E-state index in [0.29, 0.717) is 11.7 Å². The maximum atomic E-state index is 12.4. The van der Waals surface area contributed by atoms with E-state index in [2.05, 4.69) is 20.6 Å². The van der Waals surface area contributed by atoms with Gasteiger partial charge in [-0.1, -0.05) is 23.5 Å². The number of amides is 2. The van der Waals surface area contributed by atoms with Gasteiger partial charge in [0, 0.05) is 12.6 Å². The lowest BCUT2D eigenvalue weighted by Crippen LogP contribution is -2.35. The van der Waals surface area contributed by atoms with Crippen LogP contribution < -0.4 is 16.4 Å². The third-order valence-electron chi connectivity index (χ3n) is 3.79. The summed E-state index contributed by atoms with van der Waals surface area (Å²) in [7, 11) is 0. The third-order valence-corrected chi connectivity index (χ3v) is 4.64. The van der Waals surface area contributed by atoms with E-state index < -0.39 is 11.9 Å². The van der Waals surface area contributed by atoms with Crippen molar-refractivity contribution in [2.75, 3.05) is 12.3 Å². The van der Waals surface area contributed by atoms with Crippen molar-refractivity contribution in [3.63, 3.8) is 0 Å². The molecular formula is C18H19N5O3S. The number of nitrogen functional groups attached to an aromatic ring is 1. The van der Waals surface area contributed by atoms with E-state index in [1.165, 1.54) is 23.5 Å². The quantitative estimate of drug-likeness (QED) is 0.506. The molecular weight excluding hydrogens is 366 g/mol. The molecule has 0 saturated carbocycles. The SMILES string of the molecule is CC(CO)NC(=O)c1cccc(C(=O)NCc2ccc3nc(N)sc3c2)n1. The van der Waals surface area contributed by atoms with E-state index in [9.17, 15) is 9.59 Å². The maximum absolute atomic E-state index is 12.4. The van der Waals surface area contributed by atoms with Crippen molar-refractivity contribution >= 4 is 38.5 Å². The number of nitrogens with two attached hydrogens (primary N) is 1. The smallest absolute Gasteiger partial charge is 0.270 e. The highest BCUT2D eigenvalue weighted by Gasteiger charge is 2.14. The largest absolute Gasteiger partial charge is 0.394 e. The summed E-state index contributed by atoms with van der Waals surface area (Å²) >= 11 is 1.39. The zero-order valence-electron chi connectivity index (χ0n) is 14.6. The van der Waals surface area contributed by atoms with Crippen molar-refractivity contribution in [1.82, 2.24) is 20.6 Å². The molecule has 1 unspecified atom stereocenters.